The highest BCUT2D eigenvalue weighted by atomic mass is 19.1. The van der Waals surface area contributed by atoms with E-state index in [0.29, 0.717) is 6.61 Å². The molecule has 3 heteroatoms. The Balaban J connectivity index is 1.60. The summed E-state index contributed by atoms with van der Waals surface area (Å²) in [7, 11) is 0. The molecule has 3 aromatic carbocycles. The van der Waals surface area contributed by atoms with Crippen LogP contribution < -0.4 is 10.1 Å². The number of benzene rings is 3. The van der Waals surface area contributed by atoms with Gasteiger partial charge in [-0.2, -0.15) is 0 Å². The summed E-state index contributed by atoms with van der Waals surface area (Å²) < 4.78 is 19.0. The number of hydrogen-bond acceptors (Lipinski definition) is 2. The molecule has 0 bridgehead atoms. The first-order chi connectivity index (χ1) is 12.1. The molecule has 0 atom stereocenters. The average Bonchev–Trinajstić information content (AvgIpc) is 2.61. The van der Waals surface area contributed by atoms with Gasteiger partial charge in [0, 0.05) is 12.2 Å². The fourth-order valence-corrected chi connectivity index (χ4v) is 2.59. The number of anilines is 1. The Hall–Kier alpha value is -2.81. The summed E-state index contributed by atoms with van der Waals surface area (Å²) in [5.41, 5.74) is 5.62. The second-order valence-corrected chi connectivity index (χ2v) is 6.22. The second kappa shape index (κ2) is 7.84. The highest BCUT2D eigenvalue weighted by molar-refractivity contribution is 5.48. The molecular weight excluding hydrogens is 313 g/mol. The van der Waals surface area contributed by atoms with Crippen LogP contribution in [-0.2, 0) is 13.2 Å². The van der Waals surface area contributed by atoms with E-state index >= 15 is 0 Å². The molecule has 0 saturated carbocycles. The van der Waals surface area contributed by atoms with Gasteiger partial charge in [-0.15, -0.1) is 0 Å². The van der Waals surface area contributed by atoms with Crippen molar-refractivity contribution in [3.05, 3.63) is 94.8 Å². The van der Waals surface area contributed by atoms with E-state index in [0.717, 1.165) is 29.1 Å². The van der Waals surface area contributed by atoms with Gasteiger partial charge in [-0.05, 0) is 72.5 Å². The molecular formula is C22H22FNO. The van der Waals surface area contributed by atoms with Crippen LogP contribution in [-0.4, -0.2) is 0 Å². The predicted molar refractivity (Wildman–Crippen MR) is 100 cm³/mol. The Labute approximate surface area is 148 Å². The normalized spacial score (nSPS) is 10.5. The van der Waals surface area contributed by atoms with E-state index in [4.69, 9.17) is 4.74 Å². The van der Waals surface area contributed by atoms with Gasteiger partial charge in [0.2, 0.25) is 0 Å². The smallest absolute Gasteiger partial charge is 0.123 e. The predicted octanol–water partition coefficient (Wildman–Crippen LogP) is 5.63. The van der Waals surface area contributed by atoms with Crippen molar-refractivity contribution in [2.75, 3.05) is 5.32 Å². The molecule has 0 heterocycles. The number of aryl methyl sites for hydroxylation is 2. The Morgan fingerprint density at radius 1 is 0.840 bits per heavy atom. The zero-order chi connectivity index (χ0) is 17.6. The first-order valence-corrected chi connectivity index (χ1v) is 8.37. The van der Waals surface area contributed by atoms with Gasteiger partial charge < -0.3 is 10.1 Å². The molecule has 3 rings (SSSR count). The maximum atomic E-state index is 13.2. The van der Waals surface area contributed by atoms with Gasteiger partial charge >= 0.3 is 0 Å². The fraction of sp³-hybridized carbons (Fsp3) is 0.182. The third-order valence-electron chi connectivity index (χ3n) is 4.20. The lowest BCUT2D eigenvalue weighted by Gasteiger charge is -2.11. The summed E-state index contributed by atoms with van der Waals surface area (Å²) in [6.45, 7) is 5.30. The maximum Gasteiger partial charge on any atom is 0.123 e. The lowest BCUT2D eigenvalue weighted by atomic mass is 10.1. The topological polar surface area (TPSA) is 21.3 Å². The zero-order valence-corrected chi connectivity index (χ0v) is 14.6. The molecule has 2 nitrogen and oxygen atoms in total. The molecule has 0 aliphatic rings. The van der Waals surface area contributed by atoms with Gasteiger partial charge in [-0.3, -0.25) is 0 Å². The van der Waals surface area contributed by atoms with Crippen molar-refractivity contribution < 1.29 is 9.13 Å². The Kier molecular flexibility index (Phi) is 5.34. The molecule has 25 heavy (non-hydrogen) atoms. The lowest BCUT2D eigenvalue weighted by Crippen LogP contribution is -2.01. The zero-order valence-electron chi connectivity index (χ0n) is 14.6. The van der Waals surface area contributed by atoms with Gasteiger partial charge in [-0.25, -0.2) is 4.39 Å². The molecule has 0 amide bonds. The summed E-state index contributed by atoms with van der Waals surface area (Å²) >= 11 is 0. The summed E-state index contributed by atoms with van der Waals surface area (Å²) in [5.74, 6) is 0.538. The summed E-state index contributed by atoms with van der Waals surface area (Å²) in [4.78, 5) is 0. The summed E-state index contributed by atoms with van der Waals surface area (Å²) in [6.07, 6.45) is 0. The average molecular weight is 335 g/mol. The van der Waals surface area contributed by atoms with Crippen LogP contribution >= 0.6 is 0 Å². The maximum absolute atomic E-state index is 13.2. The van der Waals surface area contributed by atoms with Crippen LogP contribution in [0.1, 0.15) is 22.3 Å². The van der Waals surface area contributed by atoms with Gasteiger partial charge in [0.05, 0.1) is 0 Å². The first-order valence-electron chi connectivity index (χ1n) is 8.37. The minimum Gasteiger partial charge on any atom is -0.489 e. The van der Waals surface area contributed by atoms with Crippen molar-refractivity contribution >= 4 is 5.69 Å². The standard InChI is InChI=1S/C22H22FNO/c1-16-9-10-21(11-17(16)2)24-14-18-5-4-8-22(13-18)25-15-19-6-3-7-20(23)12-19/h3-13,24H,14-15H2,1-2H3. The van der Waals surface area contributed by atoms with E-state index in [9.17, 15) is 4.39 Å². The largest absolute Gasteiger partial charge is 0.489 e. The number of ether oxygens (including phenoxy) is 1. The van der Waals surface area contributed by atoms with E-state index < -0.39 is 0 Å². The quantitative estimate of drug-likeness (QED) is 0.630. The van der Waals surface area contributed by atoms with Crippen LogP contribution in [0, 0.1) is 19.7 Å². The van der Waals surface area contributed by atoms with Crippen molar-refractivity contribution in [3.63, 3.8) is 0 Å². The van der Waals surface area contributed by atoms with Crippen molar-refractivity contribution in [2.45, 2.75) is 27.0 Å². The summed E-state index contributed by atoms with van der Waals surface area (Å²) in [6, 6.07) is 20.8. The monoisotopic (exact) mass is 335 g/mol. The van der Waals surface area contributed by atoms with Gasteiger partial charge in [0.25, 0.3) is 0 Å². The molecule has 0 saturated heterocycles. The number of halogens is 1. The number of rotatable bonds is 6. The fourth-order valence-electron chi connectivity index (χ4n) is 2.59. The highest BCUT2D eigenvalue weighted by Gasteiger charge is 2.01. The molecule has 0 aromatic heterocycles. The highest BCUT2D eigenvalue weighted by Crippen LogP contribution is 2.18. The second-order valence-electron chi connectivity index (χ2n) is 6.22. The molecule has 0 aliphatic carbocycles. The van der Waals surface area contributed by atoms with Crippen LogP contribution in [0.5, 0.6) is 5.75 Å². The number of nitrogens with one attached hydrogen (secondary N) is 1. The van der Waals surface area contributed by atoms with E-state index in [2.05, 4.69) is 43.4 Å². The van der Waals surface area contributed by atoms with Crippen LogP contribution in [0.25, 0.3) is 0 Å². The van der Waals surface area contributed by atoms with E-state index in [1.807, 2.05) is 24.3 Å². The van der Waals surface area contributed by atoms with Crippen LogP contribution in [0.2, 0.25) is 0 Å². The molecule has 0 radical (unpaired) electrons. The molecule has 0 aliphatic heterocycles. The Bertz CT molecular complexity index is 860. The SMILES string of the molecule is Cc1ccc(NCc2cccc(OCc3cccc(F)c3)c2)cc1C. The molecule has 0 unspecified atom stereocenters. The molecule has 0 spiro atoms. The minimum absolute atomic E-state index is 0.243. The molecule has 0 fully saturated rings. The third kappa shape index (κ3) is 4.83. The van der Waals surface area contributed by atoms with E-state index in [-0.39, 0.29) is 5.82 Å². The minimum atomic E-state index is -0.243. The van der Waals surface area contributed by atoms with Crippen molar-refractivity contribution in [2.24, 2.45) is 0 Å². The molecule has 3 aromatic rings. The van der Waals surface area contributed by atoms with Gasteiger partial charge in [0.15, 0.2) is 0 Å². The summed E-state index contributed by atoms with van der Waals surface area (Å²) in [5, 5.41) is 3.43. The number of hydrogen-bond donors (Lipinski definition) is 1. The lowest BCUT2D eigenvalue weighted by molar-refractivity contribution is 0.305. The third-order valence-corrected chi connectivity index (χ3v) is 4.20. The Morgan fingerprint density at radius 2 is 1.64 bits per heavy atom. The van der Waals surface area contributed by atoms with E-state index in [1.54, 1.807) is 6.07 Å². The van der Waals surface area contributed by atoms with Crippen molar-refractivity contribution in [1.29, 1.82) is 0 Å². The first kappa shape index (κ1) is 17.0. The van der Waals surface area contributed by atoms with Crippen LogP contribution in [0.4, 0.5) is 10.1 Å². The van der Waals surface area contributed by atoms with Crippen LogP contribution in [0.3, 0.4) is 0 Å². The van der Waals surface area contributed by atoms with Crippen LogP contribution in [0.15, 0.2) is 66.7 Å². The van der Waals surface area contributed by atoms with Crippen molar-refractivity contribution in [3.8, 4) is 5.75 Å². The van der Waals surface area contributed by atoms with E-state index in [1.165, 1.54) is 23.3 Å². The molecule has 128 valence electrons. The van der Waals surface area contributed by atoms with Gasteiger partial charge in [-0.1, -0.05) is 30.3 Å². The van der Waals surface area contributed by atoms with Gasteiger partial charge in [0.1, 0.15) is 18.2 Å². The molecule has 1 N–H and O–H groups in total. The van der Waals surface area contributed by atoms with Crippen molar-refractivity contribution in [1.82, 2.24) is 0 Å². The Morgan fingerprint density at radius 3 is 2.44 bits per heavy atom.